The van der Waals surface area contributed by atoms with Crippen molar-refractivity contribution in [2.45, 2.75) is 0 Å². The molecule has 1 aromatic rings. The van der Waals surface area contributed by atoms with Gasteiger partial charge in [0.05, 0.1) is 0 Å². The summed E-state index contributed by atoms with van der Waals surface area (Å²) in [4.78, 5) is 0. The van der Waals surface area contributed by atoms with E-state index in [4.69, 9.17) is 5.11 Å². The molecule has 46 valence electrons. The van der Waals surface area contributed by atoms with Gasteiger partial charge in [-0.05, 0) is 0 Å². The van der Waals surface area contributed by atoms with Gasteiger partial charge in [-0.15, -0.1) is 0 Å². The molecule has 0 bridgehead atoms. The summed E-state index contributed by atoms with van der Waals surface area (Å²) >= 11 is 0. The van der Waals surface area contributed by atoms with Gasteiger partial charge in [-0.1, -0.05) is 30.3 Å². The topological polar surface area (TPSA) is 40.1 Å². The fourth-order valence-corrected chi connectivity index (χ4v) is 0.581. The van der Waals surface area contributed by atoms with Crippen molar-refractivity contribution in [3.8, 4) is 0 Å². The molecular formula is C7H6O2. The van der Waals surface area contributed by atoms with E-state index in [1.165, 1.54) is 0 Å². The van der Waals surface area contributed by atoms with E-state index in [0.717, 1.165) is 0 Å². The van der Waals surface area contributed by atoms with Gasteiger partial charge < -0.3 is 5.11 Å². The lowest BCUT2D eigenvalue weighted by atomic mass is 10.2. The van der Waals surface area contributed by atoms with Crippen molar-refractivity contribution in [1.82, 2.24) is 0 Å². The van der Waals surface area contributed by atoms with Crippen LogP contribution in [0.2, 0.25) is 0 Å². The highest BCUT2D eigenvalue weighted by molar-refractivity contribution is 5.21. The second-order valence-electron chi connectivity index (χ2n) is 1.67. The summed E-state index contributed by atoms with van der Waals surface area (Å²) < 4.78 is 0. The van der Waals surface area contributed by atoms with Crippen molar-refractivity contribution in [2.75, 3.05) is 0 Å². The van der Waals surface area contributed by atoms with Gasteiger partial charge in [0.15, 0.2) is 0 Å². The molecule has 1 N–H and O–H groups in total. The smallest absolute Gasteiger partial charge is 0.287 e. The Hall–Kier alpha value is -0.860. The molecule has 0 saturated heterocycles. The molecule has 0 aliphatic rings. The number of aliphatic hydroxyl groups is 1. The Kier molecular flexibility index (Phi) is 1.82. The predicted octanol–water partition coefficient (Wildman–Crippen LogP) is 1.33. The Morgan fingerprint density at radius 1 is 1.22 bits per heavy atom. The van der Waals surface area contributed by atoms with Crippen LogP contribution < -0.4 is 0 Å². The molecule has 1 rings (SSSR count). The minimum atomic E-state index is -0.879. The second-order valence-corrected chi connectivity index (χ2v) is 1.67. The minimum absolute atomic E-state index is 0.331. The largest absolute Gasteiger partial charge is 0.355 e. The number of hydrogen-bond acceptors (Lipinski definition) is 1. The van der Waals surface area contributed by atoms with Crippen molar-refractivity contribution >= 4 is 0 Å². The molecule has 2 radical (unpaired) electrons. The van der Waals surface area contributed by atoms with Crippen LogP contribution in [0.1, 0.15) is 5.56 Å². The summed E-state index contributed by atoms with van der Waals surface area (Å²) in [6, 6.07) is 8.30. The number of hydrogen-bond donors (Lipinski definition) is 1. The van der Waals surface area contributed by atoms with Gasteiger partial charge in [-0.3, -0.25) is 0 Å². The monoisotopic (exact) mass is 122 g/mol. The highest BCUT2D eigenvalue weighted by Crippen LogP contribution is 2.06. The van der Waals surface area contributed by atoms with E-state index >= 15 is 0 Å². The molecule has 0 unspecified atom stereocenters. The maximum absolute atomic E-state index is 10.2. The summed E-state index contributed by atoms with van der Waals surface area (Å²) in [6.45, 7) is 0. The molecule has 0 aliphatic carbocycles. The van der Waals surface area contributed by atoms with E-state index in [-0.39, 0.29) is 0 Å². The quantitative estimate of drug-likeness (QED) is 0.599. The maximum atomic E-state index is 10.2. The van der Waals surface area contributed by atoms with E-state index in [2.05, 4.69) is 0 Å². The van der Waals surface area contributed by atoms with Crippen molar-refractivity contribution in [3.63, 3.8) is 0 Å². The van der Waals surface area contributed by atoms with Crippen molar-refractivity contribution in [3.05, 3.63) is 42.2 Å². The van der Waals surface area contributed by atoms with Gasteiger partial charge in [0.1, 0.15) is 0 Å². The molecule has 0 fully saturated rings. The molecule has 2 heteroatoms. The molecule has 0 spiro atoms. The van der Waals surface area contributed by atoms with Crippen molar-refractivity contribution in [1.29, 1.82) is 0 Å². The summed E-state index contributed by atoms with van der Waals surface area (Å²) in [7, 11) is 0. The van der Waals surface area contributed by atoms with Gasteiger partial charge >= 0.3 is 0 Å². The lowest BCUT2D eigenvalue weighted by Crippen LogP contribution is -1.91. The van der Waals surface area contributed by atoms with Gasteiger partial charge in [0, 0.05) is 5.56 Å². The highest BCUT2D eigenvalue weighted by atomic mass is 16.5. The van der Waals surface area contributed by atoms with Crippen LogP contribution >= 0.6 is 0 Å². The van der Waals surface area contributed by atoms with Gasteiger partial charge in [-0.25, -0.2) is 0 Å². The average molecular weight is 122 g/mol. The van der Waals surface area contributed by atoms with Crippen LogP contribution in [0.3, 0.4) is 0 Å². The molecule has 2 nitrogen and oxygen atoms in total. The normalized spacial score (nSPS) is 10.1. The van der Waals surface area contributed by atoms with Crippen LogP contribution in [0.5, 0.6) is 0 Å². The number of benzene rings is 1. The molecular weight excluding hydrogens is 116 g/mol. The van der Waals surface area contributed by atoms with E-state index in [1.54, 1.807) is 30.3 Å². The zero-order chi connectivity index (χ0) is 6.69. The van der Waals surface area contributed by atoms with E-state index < -0.39 is 6.29 Å². The molecule has 0 saturated carbocycles. The Morgan fingerprint density at radius 2 is 1.78 bits per heavy atom. The third-order valence-electron chi connectivity index (χ3n) is 1.02. The van der Waals surface area contributed by atoms with Crippen LogP contribution in [0.4, 0.5) is 0 Å². The SMILES string of the molecule is [O][C](O)c1ccccc1. The molecule has 0 aliphatic heterocycles. The number of rotatable bonds is 1. The first kappa shape index (κ1) is 6.26. The van der Waals surface area contributed by atoms with Gasteiger partial charge in [-0.2, -0.15) is 5.11 Å². The first-order valence-corrected chi connectivity index (χ1v) is 2.59. The molecule has 0 atom stereocenters. The first-order valence-electron chi connectivity index (χ1n) is 2.59. The predicted molar refractivity (Wildman–Crippen MR) is 31.4 cm³/mol. The van der Waals surface area contributed by atoms with Gasteiger partial charge in [0.25, 0.3) is 6.29 Å². The summed E-state index contributed by atoms with van der Waals surface area (Å²) in [5, 5.41) is 18.6. The fraction of sp³-hybridized carbons (Fsp3) is 0. The molecule has 1 aromatic carbocycles. The Morgan fingerprint density at radius 3 is 2.11 bits per heavy atom. The average Bonchev–Trinajstić information content (AvgIpc) is 1.90. The van der Waals surface area contributed by atoms with Crippen LogP contribution in [0, 0.1) is 6.29 Å². The third kappa shape index (κ3) is 1.52. The Balaban J connectivity index is 2.85. The Labute approximate surface area is 53.4 Å². The Bertz CT molecular complexity index is 170. The van der Waals surface area contributed by atoms with Crippen LogP contribution in [-0.4, -0.2) is 5.11 Å². The van der Waals surface area contributed by atoms with Crippen LogP contribution in [-0.2, 0) is 5.11 Å². The first-order chi connectivity index (χ1) is 4.30. The summed E-state index contributed by atoms with van der Waals surface area (Å²) in [6.07, 6.45) is -0.879. The second kappa shape index (κ2) is 2.62. The number of aliphatic hydroxyl groups excluding tert-OH is 1. The molecule has 0 aromatic heterocycles. The maximum Gasteiger partial charge on any atom is 0.287 e. The zero-order valence-electron chi connectivity index (χ0n) is 4.74. The third-order valence-corrected chi connectivity index (χ3v) is 1.02. The molecule has 0 amide bonds. The van der Waals surface area contributed by atoms with E-state index in [0.29, 0.717) is 5.56 Å². The molecule has 9 heavy (non-hydrogen) atoms. The highest BCUT2D eigenvalue weighted by Gasteiger charge is 2.02. The van der Waals surface area contributed by atoms with Crippen LogP contribution in [0.15, 0.2) is 30.3 Å². The standard InChI is InChI=1S/C7H6O2/c8-7(9)6-4-2-1-3-5-6/h1-5,8H. The van der Waals surface area contributed by atoms with Crippen LogP contribution in [0.25, 0.3) is 0 Å². The fourth-order valence-electron chi connectivity index (χ4n) is 0.581. The lowest BCUT2D eigenvalue weighted by molar-refractivity contribution is 0.0508. The van der Waals surface area contributed by atoms with E-state index in [9.17, 15) is 5.11 Å². The van der Waals surface area contributed by atoms with Crippen molar-refractivity contribution in [2.24, 2.45) is 0 Å². The lowest BCUT2D eigenvalue weighted by Gasteiger charge is -1.95. The molecule has 0 heterocycles. The zero-order valence-corrected chi connectivity index (χ0v) is 4.74. The van der Waals surface area contributed by atoms with E-state index in [1.807, 2.05) is 0 Å². The van der Waals surface area contributed by atoms with Gasteiger partial charge in [0.2, 0.25) is 0 Å². The van der Waals surface area contributed by atoms with Crippen molar-refractivity contribution < 1.29 is 10.2 Å². The summed E-state index contributed by atoms with van der Waals surface area (Å²) in [5.41, 5.74) is 0.331. The minimum Gasteiger partial charge on any atom is -0.355 e. The summed E-state index contributed by atoms with van der Waals surface area (Å²) in [5.74, 6) is 0.